The van der Waals surface area contributed by atoms with Crippen molar-refractivity contribution in [3.05, 3.63) is 34.3 Å². The molecule has 1 aromatic carbocycles. The predicted octanol–water partition coefficient (Wildman–Crippen LogP) is 1.78. The molecule has 0 saturated carbocycles. The Bertz CT molecular complexity index is 422. The SMILES string of the molecule is NC(=O)O[C@@H]1CCc2cc(Cl)ccc2[C@@H]1O. The molecule has 0 heterocycles. The number of aliphatic hydroxyl groups is 1. The second-order valence-corrected chi connectivity index (χ2v) is 4.24. The highest BCUT2D eigenvalue weighted by atomic mass is 35.5. The van der Waals surface area contributed by atoms with Gasteiger partial charge >= 0.3 is 6.09 Å². The van der Waals surface area contributed by atoms with Crippen molar-refractivity contribution in [3.8, 4) is 0 Å². The van der Waals surface area contributed by atoms with Crippen LogP contribution in [0, 0.1) is 0 Å². The molecule has 4 nitrogen and oxygen atoms in total. The van der Waals surface area contributed by atoms with Crippen molar-refractivity contribution >= 4 is 17.7 Å². The van der Waals surface area contributed by atoms with Crippen LogP contribution in [0.4, 0.5) is 4.79 Å². The number of nitrogens with two attached hydrogens (primary N) is 1. The molecule has 3 N–H and O–H groups in total. The molecule has 1 amide bonds. The first-order chi connectivity index (χ1) is 7.58. The van der Waals surface area contributed by atoms with Crippen molar-refractivity contribution in [2.75, 3.05) is 0 Å². The number of amides is 1. The highest BCUT2D eigenvalue weighted by Crippen LogP contribution is 2.33. The van der Waals surface area contributed by atoms with Gasteiger partial charge in [0, 0.05) is 5.02 Å². The lowest BCUT2D eigenvalue weighted by Crippen LogP contribution is -2.32. The van der Waals surface area contributed by atoms with Crippen molar-refractivity contribution in [3.63, 3.8) is 0 Å². The molecule has 1 aliphatic carbocycles. The van der Waals surface area contributed by atoms with Crippen LogP contribution in [0.3, 0.4) is 0 Å². The Labute approximate surface area is 98.0 Å². The minimum absolute atomic E-state index is 0.553. The molecule has 16 heavy (non-hydrogen) atoms. The predicted molar refractivity (Wildman–Crippen MR) is 59.2 cm³/mol. The Kier molecular flexibility index (Phi) is 3.03. The van der Waals surface area contributed by atoms with Crippen molar-refractivity contribution in [2.24, 2.45) is 5.73 Å². The van der Waals surface area contributed by atoms with E-state index in [0.717, 1.165) is 11.1 Å². The van der Waals surface area contributed by atoms with E-state index >= 15 is 0 Å². The van der Waals surface area contributed by atoms with Crippen LogP contribution in [-0.2, 0) is 11.2 Å². The van der Waals surface area contributed by atoms with Gasteiger partial charge in [0.2, 0.25) is 0 Å². The van der Waals surface area contributed by atoms with E-state index in [1.807, 2.05) is 6.07 Å². The quantitative estimate of drug-likeness (QED) is 0.787. The molecular formula is C11H12ClNO3. The van der Waals surface area contributed by atoms with Gasteiger partial charge in [0.25, 0.3) is 0 Å². The number of rotatable bonds is 1. The zero-order chi connectivity index (χ0) is 11.7. The summed E-state index contributed by atoms with van der Waals surface area (Å²) in [6, 6.07) is 5.27. The molecule has 0 saturated heterocycles. The Morgan fingerprint density at radius 3 is 3.00 bits per heavy atom. The van der Waals surface area contributed by atoms with Crippen LogP contribution >= 0.6 is 11.6 Å². The Balaban J connectivity index is 2.25. The van der Waals surface area contributed by atoms with Crippen molar-refractivity contribution < 1.29 is 14.6 Å². The standard InChI is InChI=1S/C11H12ClNO3/c12-7-2-3-8-6(5-7)1-4-9(10(8)14)16-11(13)15/h2-3,5,9-10,14H,1,4H2,(H2,13,15)/t9-,10+/m1/s1. The highest BCUT2D eigenvalue weighted by Gasteiger charge is 2.30. The summed E-state index contributed by atoms with van der Waals surface area (Å²) in [5.74, 6) is 0. The van der Waals surface area contributed by atoms with Crippen LogP contribution in [0.25, 0.3) is 0 Å². The second kappa shape index (κ2) is 4.31. The van der Waals surface area contributed by atoms with Gasteiger partial charge in [-0.3, -0.25) is 0 Å². The summed E-state index contributed by atoms with van der Waals surface area (Å²) >= 11 is 5.86. The zero-order valence-electron chi connectivity index (χ0n) is 8.52. The number of fused-ring (bicyclic) bond motifs is 1. The third kappa shape index (κ3) is 2.13. The van der Waals surface area contributed by atoms with Gasteiger partial charge in [-0.05, 0) is 36.1 Å². The molecule has 1 aliphatic rings. The van der Waals surface area contributed by atoms with Gasteiger partial charge in [-0.1, -0.05) is 17.7 Å². The average Bonchev–Trinajstić information content (AvgIpc) is 2.22. The van der Waals surface area contributed by atoms with E-state index in [9.17, 15) is 9.90 Å². The van der Waals surface area contributed by atoms with E-state index in [2.05, 4.69) is 0 Å². The summed E-state index contributed by atoms with van der Waals surface area (Å²) in [4.78, 5) is 10.6. The number of carbonyl (C=O) groups excluding carboxylic acids is 1. The van der Waals surface area contributed by atoms with Crippen molar-refractivity contribution in [1.29, 1.82) is 0 Å². The summed E-state index contributed by atoms with van der Waals surface area (Å²) in [5.41, 5.74) is 6.68. The fourth-order valence-corrected chi connectivity index (χ4v) is 2.20. The van der Waals surface area contributed by atoms with E-state index < -0.39 is 18.3 Å². The van der Waals surface area contributed by atoms with Gasteiger partial charge in [0.1, 0.15) is 12.2 Å². The number of aryl methyl sites for hydroxylation is 1. The third-order valence-corrected chi connectivity index (χ3v) is 2.98. The average molecular weight is 242 g/mol. The number of hydrogen-bond donors (Lipinski definition) is 2. The molecule has 86 valence electrons. The smallest absolute Gasteiger partial charge is 0.404 e. The molecule has 1 aromatic rings. The maximum atomic E-state index is 10.6. The first-order valence-corrected chi connectivity index (χ1v) is 5.38. The van der Waals surface area contributed by atoms with Gasteiger partial charge in [-0.25, -0.2) is 4.79 Å². The van der Waals surface area contributed by atoms with Gasteiger partial charge in [0.05, 0.1) is 0 Å². The summed E-state index contributed by atoms with van der Waals surface area (Å²) in [6.45, 7) is 0. The molecular weight excluding hydrogens is 230 g/mol. The van der Waals surface area contributed by atoms with Crippen LogP contribution in [0.5, 0.6) is 0 Å². The lowest BCUT2D eigenvalue weighted by Gasteiger charge is -2.29. The van der Waals surface area contributed by atoms with E-state index in [0.29, 0.717) is 17.9 Å². The maximum absolute atomic E-state index is 10.6. The largest absolute Gasteiger partial charge is 0.443 e. The normalized spacial score (nSPS) is 23.6. The Morgan fingerprint density at radius 2 is 2.31 bits per heavy atom. The third-order valence-electron chi connectivity index (χ3n) is 2.74. The molecule has 5 heteroatoms. The maximum Gasteiger partial charge on any atom is 0.404 e. The van der Waals surface area contributed by atoms with Crippen LogP contribution in [0.2, 0.25) is 5.02 Å². The topological polar surface area (TPSA) is 72.6 Å². The van der Waals surface area contributed by atoms with Gasteiger partial charge in [-0.2, -0.15) is 0 Å². The summed E-state index contributed by atoms with van der Waals surface area (Å²) < 4.78 is 4.85. The number of ether oxygens (including phenoxy) is 1. The van der Waals surface area contributed by atoms with Crippen molar-refractivity contribution in [2.45, 2.75) is 25.0 Å². The highest BCUT2D eigenvalue weighted by molar-refractivity contribution is 6.30. The summed E-state index contributed by atoms with van der Waals surface area (Å²) in [6.07, 6.45) is -0.983. The molecule has 0 unspecified atom stereocenters. The molecule has 0 bridgehead atoms. The van der Waals surface area contributed by atoms with Crippen LogP contribution in [-0.4, -0.2) is 17.3 Å². The fraction of sp³-hybridized carbons (Fsp3) is 0.364. The molecule has 0 radical (unpaired) electrons. The van der Waals surface area contributed by atoms with E-state index in [1.54, 1.807) is 12.1 Å². The molecule has 2 atom stereocenters. The van der Waals surface area contributed by atoms with Crippen LogP contribution < -0.4 is 5.73 Å². The lowest BCUT2D eigenvalue weighted by molar-refractivity contribution is -0.00520. The molecule has 0 fully saturated rings. The number of benzene rings is 1. The molecule has 2 rings (SSSR count). The van der Waals surface area contributed by atoms with Crippen LogP contribution in [0.15, 0.2) is 18.2 Å². The number of aliphatic hydroxyl groups excluding tert-OH is 1. The minimum atomic E-state index is -0.860. The minimum Gasteiger partial charge on any atom is -0.443 e. The monoisotopic (exact) mass is 241 g/mol. The van der Waals surface area contributed by atoms with Gasteiger partial charge < -0.3 is 15.6 Å². The van der Waals surface area contributed by atoms with E-state index in [-0.39, 0.29) is 0 Å². The second-order valence-electron chi connectivity index (χ2n) is 3.80. The molecule has 0 aliphatic heterocycles. The fourth-order valence-electron chi connectivity index (χ4n) is 2.01. The first-order valence-electron chi connectivity index (χ1n) is 5.00. The summed E-state index contributed by atoms with van der Waals surface area (Å²) in [5, 5.41) is 10.6. The Hall–Kier alpha value is -1.26. The number of carbonyl (C=O) groups is 1. The lowest BCUT2D eigenvalue weighted by atomic mass is 9.87. The zero-order valence-corrected chi connectivity index (χ0v) is 9.28. The van der Waals surface area contributed by atoms with E-state index in [1.165, 1.54) is 0 Å². The van der Waals surface area contributed by atoms with Gasteiger partial charge in [0.15, 0.2) is 0 Å². The van der Waals surface area contributed by atoms with Crippen molar-refractivity contribution in [1.82, 2.24) is 0 Å². The number of primary amides is 1. The molecule has 0 spiro atoms. The number of hydrogen-bond acceptors (Lipinski definition) is 3. The van der Waals surface area contributed by atoms with Crippen LogP contribution in [0.1, 0.15) is 23.7 Å². The summed E-state index contributed by atoms with van der Waals surface area (Å²) in [7, 11) is 0. The van der Waals surface area contributed by atoms with Gasteiger partial charge in [-0.15, -0.1) is 0 Å². The number of halogens is 1. The molecule has 0 aromatic heterocycles. The van der Waals surface area contributed by atoms with E-state index in [4.69, 9.17) is 22.1 Å². The first kappa shape index (κ1) is 11.2. The Morgan fingerprint density at radius 1 is 1.56 bits per heavy atom.